The molecule has 0 spiro atoms. The largest absolute Gasteiger partial charge is 0.462 e. The number of esters is 1. The summed E-state index contributed by atoms with van der Waals surface area (Å²) >= 11 is 0. The third-order valence-corrected chi connectivity index (χ3v) is 3.06. The third-order valence-electron chi connectivity index (χ3n) is 3.06. The highest BCUT2D eigenvalue weighted by Crippen LogP contribution is 2.07. The summed E-state index contributed by atoms with van der Waals surface area (Å²) in [6.45, 7) is 6.79. The van der Waals surface area contributed by atoms with Crippen molar-refractivity contribution in [3.8, 4) is 0 Å². The molecule has 0 saturated carbocycles. The molecular formula is C16H30O2. The van der Waals surface area contributed by atoms with Crippen molar-refractivity contribution < 1.29 is 9.53 Å². The van der Waals surface area contributed by atoms with Crippen LogP contribution in [0, 0.1) is 0 Å². The molecule has 18 heavy (non-hydrogen) atoms. The van der Waals surface area contributed by atoms with Gasteiger partial charge in [0, 0.05) is 5.57 Å². The number of carbonyl (C=O) groups is 1. The topological polar surface area (TPSA) is 26.3 Å². The van der Waals surface area contributed by atoms with Gasteiger partial charge in [-0.1, -0.05) is 64.9 Å². The van der Waals surface area contributed by atoms with Crippen LogP contribution in [0.3, 0.4) is 0 Å². The van der Waals surface area contributed by atoms with E-state index in [4.69, 9.17) is 4.74 Å². The average molecular weight is 254 g/mol. The highest BCUT2D eigenvalue weighted by Gasteiger charge is 2.04. The summed E-state index contributed by atoms with van der Waals surface area (Å²) in [4.78, 5) is 11.6. The van der Waals surface area contributed by atoms with Gasteiger partial charge in [0.05, 0.1) is 6.61 Å². The smallest absolute Gasteiger partial charge is 0.333 e. The van der Waals surface area contributed by atoms with Gasteiger partial charge in [-0.15, -0.1) is 0 Å². The first kappa shape index (κ1) is 17.2. The lowest BCUT2D eigenvalue weighted by molar-refractivity contribution is -0.139. The molecule has 2 heteroatoms. The summed E-state index contributed by atoms with van der Waals surface area (Å²) in [5.41, 5.74) is 0.759. The summed E-state index contributed by atoms with van der Waals surface area (Å²) < 4.78 is 5.23. The molecule has 0 saturated heterocycles. The Kier molecular flexibility index (Phi) is 12.1. The lowest BCUT2D eigenvalue weighted by Crippen LogP contribution is -2.07. The number of rotatable bonds is 11. The van der Waals surface area contributed by atoms with Gasteiger partial charge in [-0.25, -0.2) is 4.79 Å². The molecule has 2 nitrogen and oxygen atoms in total. The number of hydrogen-bond donors (Lipinski definition) is 0. The number of ether oxygens (including phenoxy) is 1. The summed E-state index contributed by atoms with van der Waals surface area (Å²) in [5.74, 6) is -0.139. The van der Waals surface area contributed by atoms with Crippen LogP contribution in [0.2, 0.25) is 0 Å². The van der Waals surface area contributed by atoms with E-state index in [1.807, 2.05) is 13.0 Å². The van der Waals surface area contributed by atoms with E-state index in [-0.39, 0.29) is 5.97 Å². The van der Waals surface area contributed by atoms with Crippen molar-refractivity contribution in [3.05, 3.63) is 11.6 Å². The first-order valence-electron chi connectivity index (χ1n) is 7.56. The van der Waals surface area contributed by atoms with Crippen LogP contribution in [0.15, 0.2) is 11.6 Å². The van der Waals surface area contributed by atoms with Gasteiger partial charge in [0.25, 0.3) is 0 Å². The minimum atomic E-state index is -0.139. The zero-order chi connectivity index (χ0) is 13.6. The van der Waals surface area contributed by atoms with Gasteiger partial charge >= 0.3 is 5.97 Å². The Morgan fingerprint density at radius 3 is 2.22 bits per heavy atom. The highest BCUT2D eigenvalue weighted by molar-refractivity contribution is 5.87. The monoisotopic (exact) mass is 254 g/mol. The first-order chi connectivity index (χ1) is 8.72. The number of unbranched alkanes of at least 4 members (excludes halogenated alkanes) is 7. The van der Waals surface area contributed by atoms with E-state index >= 15 is 0 Å². The van der Waals surface area contributed by atoms with Crippen LogP contribution in [-0.2, 0) is 9.53 Å². The summed E-state index contributed by atoms with van der Waals surface area (Å²) in [5, 5.41) is 0. The standard InChI is InChI=1S/C16H30O2/c1-4-6-8-9-10-12-14-18-16(17)15(3)13-11-7-5-2/h13H,4-12,14H2,1-3H3. The van der Waals surface area contributed by atoms with Gasteiger partial charge in [0.15, 0.2) is 0 Å². The van der Waals surface area contributed by atoms with E-state index in [1.165, 1.54) is 32.1 Å². The van der Waals surface area contributed by atoms with E-state index in [0.29, 0.717) is 6.61 Å². The van der Waals surface area contributed by atoms with E-state index in [9.17, 15) is 4.79 Å². The zero-order valence-electron chi connectivity index (χ0n) is 12.5. The number of carbonyl (C=O) groups excluding carboxylic acids is 1. The SMILES string of the molecule is CCCCC=C(C)C(=O)OCCCCCCCC. The van der Waals surface area contributed by atoms with Crippen molar-refractivity contribution in [2.45, 2.75) is 78.6 Å². The van der Waals surface area contributed by atoms with Crippen molar-refractivity contribution in [1.82, 2.24) is 0 Å². The maximum Gasteiger partial charge on any atom is 0.333 e. The van der Waals surface area contributed by atoms with Crippen LogP contribution in [0.4, 0.5) is 0 Å². The number of allylic oxidation sites excluding steroid dienone is 1. The van der Waals surface area contributed by atoms with E-state index in [0.717, 1.165) is 31.3 Å². The van der Waals surface area contributed by atoms with Gasteiger partial charge in [0.2, 0.25) is 0 Å². The van der Waals surface area contributed by atoms with Crippen LogP contribution in [-0.4, -0.2) is 12.6 Å². The minimum Gasteiger partial charge on any atom is -0.462 e. The average Bonchev–Trinajstić information content (AvgIpc) is 2.37. The van der Waals surface area contributed by atoms with E-state index in [1.54, 1.807) is 0 Å². The van der Waals surface area contributed by atoms with Crippen LogP contribution in [0.25, 0.3) is 0 Å². The Morgan fingerprint density at radius 2 is 1.56 bits per heavy atom. The summed E-state index contributed by atoms with van der Waals surface area (Å²) in [6, 6.07) is 0. The van der Waals surface area contributed by atoms with Gasteiger partial charge in [-0.2, -0.15) is 0 Å². The van der Waals surface area contributed by atoms with Crippen molar-refractivity contribution in [1.29, 1.82) is 0 Å². The fourth-order valence-electron chi connectivity index (χ4n) is 1.77. The van der Waals surface area contributed by atoms with Crippen molar-refractivity contribution in [2.75, 3.05) is 6.61 Å². The Balaban J connectivity index is 3.49. The predicted octanol–water partition coefficient (Wildman–Crippen LogP) is 5.03. The second-order valence-corrected chi connectivity index (χ2v) is 4.93. The van der Waals surface area contributed by atoms with Crippen molar-refractivity contribution in [3.63, 3.8) is 0 Å². The Morgan fingerprint density at radius 1 is 0.944 bits per heavy atom. The van der Waals surface area contributed by atoms with Crippen LogP contribution in [0.5, 0.6) is 0 Å². The molecule has 0 aliphatic carbocycles. The molecule has 0 aliphatic rings. The Bertz CT molecular complexity index is 231. The third kappa shape index (κ3) is 10.4. The Hall–Kier alpha value is -0.790. The molecule has 0 aromatic rings. The van der Waals surface area contributed by atoms with Gasteiger partial charge in [-0.3, -0.25) is 0 Å². The molecule has 0 bridgehead atoms. The van der Waals surface area contributed by atoms with E-state index in [2.05, 4.69) is 13.8 Å². The van der Waals surface area contributed by atoms with E-state index < -0.39 is 0 Å². The first-order valence-corrected chi connectivity index (χ1v) is 7.56. The van der Waals surface area contributed by atoms with Crippen molar-refractivity contribution in [2.24, 2.45) is 0 Å². The van der Waals surface area contributed by atoms with Crippen LogP contribution in [0.1, 0.15) is 78.6 Å². The number of hydrogen-bond acceptors (Lipinski definition) is 2. The summed E-state index contributed by atoms with van der Waals surface area (Å²) in [7, 11) is 0. The molecule has 0 amide bonds. The highest BCUT2D eigenvalue weighted by atomic mass is 16.5. The summed E-state index contributed by atoms with van der Waals surface area (Å²) in [6.07, 6.45) is 12.6. The molecule has 0 aliphatic heterocycles. The second kappa shape index (κ2) is 12.7. The van der Waals surface area contributed by atoms with Gasteiger partial charge in [0.1, 0.15) is 0 Å². The molecule has 0 radical (unpaired) electrons. The molecule has 0 aromatic carbocycles. The molecule has 0 rings (SSSR count). The molecular weight excluding hydrogens is 224 g/mol. The predicted molar refractivity (Wildman–Crippen MR) is 77.6 cm³/mol. The fourth-order valence-corrected chi connectivity index (χ4v) is 1.77. The lowest BCUT2D eigenvalue weighted by Gasteiger charge is -2.05. The molecule has 0 unspecified atom stereocenters. The normalized spacial score (nSPS) is 11.6. The lowest BCUT2D eigenvalue weighted by atomic mass is 10.1. The van der Waals surface area contributed by atoms with Gasteiger partial charge in [-0.05, 0) is 19.8 Å². The quantitative estimate of drug-likeness (QED) is 0.294. The van der Waals surface area contributed by atoms with Crippen molar-refractivity contribution >= 4 is 5.97 Å². The second-order valence-electron chi connectivity index (χ2n) is 4.93. The van der Waals surface area contributed by atoms with Gasteiger partial charge < -0.3 is 4.74 Å². The maximum absolute atomic E-state index is 11.6. The molecule has 106 valence electrons. The van der Waals surface area contributed by atoms with Crippen LogP contribution >= 0.6 is 0 Å². The zero-order valence-corrected chi connectivity index (χ0v) is 12.5. The molecule has 0 atom stereocenters. The molecule has 0 N–H and O–H groups in total. The maximum atomic E-state index is 11.6. The fraction of sp³-hybridized carbons (Fsp3) is 0.812. The molecule has 0 heterocycles. The molecule has 0 fully saturated rings. The minimum absolute atomic E-state index is 0.139. The molecule has 0 aromatic heterocycles. The Labute approximate surface area is 113 Å². The van der Waals surface area contributed by atoms with Crippen LogP contribution < -0.4 is 0 Å².